The quantitative estimate of drug-likeness (QED) is 0.794. The lowest BCUT2D eigenvalue weighted by Crippen LogP contribution is -2.45. The lowest BCUT2D eigenvalue weighted by atomic mass is 9.79. The maximum atomic E-state index is 12.2. The molecule has 0 aliphatic heterocycles. The van der Waals surface area contributed by atoms with E-state index in [2.05, 4.69) is 45.1 Å². The second-order valence-corrected chi connectivity index (χ2v) is 7.27. The fourth-order valence-corrected chi connectivity index (χ4v) is 2.98. The molecule has 4 nitrogen and oxygen atoms in total. The molecule has 3 unspecified atom stereocenters. The maximum absolute atomic E-state index is 12.2. The van der Waals surface area contributed by atoms with E-state index in [-0.39, 0.29) is 23.3 Å². The number of nitrogens with two attached hydrogens (primary N) is 1. The van der Waals surface area contributed by atoms with Gasteiger partial charge in [0.2, 0.25) is 5.91 Å². The van der Waals surface area contributed by atoms with E-state index < -0.39 is 0 Å². The van der Waals surface area contributed by atoms with Crippen LogP contribution in [-0.2, 0) is 4.79 Å². The zero-order valence-electron chi connectivity index (χ0n) is 13.2. The van der Waals surface area contributed by atoms with Gasteiger partial charge in [-0.3, -0.25) is 4.79 Å². The summed E-state index contributed by atoms with van der Waals surface area (Å²) in [7, 11) is 4.12. The van der Waals surface area contributed by atoms with Crippen LogP contribution in [0.1, 0.15) is 40.0 Å². The second-order valence-electron chi connectivity index (χ2n) is 7.27. The van der Waals surface area contributed by atoms with Crippen molar-refractivity contribution in [1.29, 1.82) is 0 Å². The van der Waals surface area contributed by atoms with Crippen LogP contribution < -0.4 is 11.1 Å². The zero-order chi connectivity index (χ0) is 14.6. The van der Waals surface area contributed by atoms with Crippen LogP contribution in [0.2, 0.25) is 0 Å². The van der Waals surface area contributed by atoms with Gasteiger partial charge in [0.05, 0.1) is 0 Å². The third-order valence-corrected chi connectivity index (χ3v) is 4.11. The summed E-state index contributed by atoms with van der Waals surface area (Å²) in [5.41, 5.74) is 6.17. The highest BCUT2D eigenvalue weighted by atomic mass is 16.1. The number of amides is 1. The Labute approximate surface area is 118 Å². The van der Waals surface area contributed by atoms with Gasteiger partial charge < -0.3 is 16.0 Å². The molecule has 3 atom stereocenters. The van der Waals surface area contributed by atoms with E-state index in [0.29, 0.717) is 5.92 Å². The van der Waals surface area contributed by atoms with Crippen LogP contribution in [0, 0.1) is 17.3 Å². The maximum Gasteiger partial charge on any atom is 0.223 e. The molecule has 1 aliphatic rings. The molecule has 19 heavy (non-hydrogen) atoms. The number of carbonyl (C=O) groups excluding carboxylic acids is 1. The molecule has 0 heterocycles. The van der Waals surface area contributed by atoms with E-state index in [1.165, 1.54) is 0 Å². The molecule has 1 amide bonds. The molecule has 0 spiro atoms. The van der Waals surface area contributed by atoms with Crippen molar-refractivity contribution >= 4 is 5.91 Å². The largest absolute Gasteiger partial charge is 0.355 e. The fraction of sp³-hybridized carbons (Fsp3) is 0.933. The van der Waals surface area contributed by atoms with E-state index in [0.717, 1.165) is 32.4 Å². The number of hydrogen-bond donors (Lipinski definition) is 2. The van der Waals surface area contributed by atoms with E-state index in [9.17, 15) is 4.79 Å². The smallest absolute Gasteiger partial charge is 0.223 e. The monoisotopic (exact) mass is 269 g/mol. The number of nitrogens with zero attached hydrogens (tertiary/aromatic N) is 1. The Balaban J connectivity index is 2.39. The van der Waals surface area contributed by atoms with Crippen molar-refractivity contribution in [2.45, 2.75) is 46.1 Å². The van der Waals surface area contributed by atoms with Crippen LogP contribution in [0.3, 0.4) is 0 Å². The molecule has 0 aromatic carbocycles. The fourth-order valence-electron chi connectivity index (χ4n) is 2.98. The molecule has 4 heteroatoms. The van der Waals surface area contributed by atoms with Crippen molar-refractivity contribution in [1.82, 2.24) is 10.2 Å². The molecular formula is C15H31N3O. The average Bonchev–Trinajstić information content (AvgIpc) is 2.28. The molecule has 1 saturated carbocycles. The first kappa shape index (κ1) is 16.4. The number of carbonyl (C=O) groups is 1. The van der Waals surface area contributed by atoms with Gasteiger partial charge in [0.15, 0.2) is 0 Å². The molecule has 0 aromatic heterocycles. The highest BCUT2D eigenvalue weighted by Gasteiger charge is 2.30. The Hall–Kier alpha value is -0.610. The van der Waals surface area contributed by atoms with E-state index in [1.54, 1.807) is 0 Å². The Morgan fingerprint density at radius 2 is 2.00 bits per heavy atom. The first-order chi connectivity index (χ1) is 8.71. The normalized spacial score (nSPS) is 28.5. The van der Waals surface area contributed by atoms with Gasteiger partial charge in [0, 0.05) is 25.0 Å². The summed E-state index contributed by atoms with van der Waals surface area (Å²) < 4.78 is 0. The lowest BCUT2D eigenvalue weighted by molar-refractivity contribution is -0.126. The third kappa shape index (κ3) is 5.49. The molecule has 112 valence electrons. The molecule has 3 N–H and O–H groups in total. The summed E-state index contributed by atoms with van der Waals surface area (Å²) in [6, 6.07) is 0.180. The van der Waals surface area contributed by atoms with Gasteiger partial charge >= 0.3 is 0 Å². The first-order valence-corrected chi connectivity index (χ1v) is 7.39. The molecule has 0 saturated heterocycles. The third-order valence-electron chi connectivity index (χ3n) is 4.11. The van der Waals surface area contributed by atoms with Crippen LogP contribution >= 0.6 is 0 Å². The standard InChI is InChI=1S/C15H31N3O/c1-11-6-7-12(8-13(11)16)14(19)17-9-15(2,3)10-18(4)5/h11-13H,6-10,16H2,1-5H3,(H,17,19). The van der Waals surface area contributed by atoms with Crippen molar-refractivity contribution in [3.8, 4) is 0 Å². The van der Waals surface area contributed by atoms with Crippen LogP contribution in [0.15, 0.2) is 0 Å². The Bertz CT molecular complexity index is 302. The van der Waals surface area contributed by atoms with Crippen molar-refractivity contribution in [2.75, 3.05) is 27.2 Å². The Morgan fingerprint density at radius 1 is 1.37 bits per heavy atom. The van der Waals surface area contributed by atoms with Gasteiger partial charge in [-0.05, 0) is 44.7 Å². The minimum Gasteiger partial charge on any atom is -0.355 e. The van der Waals surface area contributed by atoms with Gasteiger partial charge in [-0.1, -0.05) is 20.8 Å². The SMILES string of the molecule is CC1CCC(C(=O)NCC(C)(C)CN(C)C)CC1N. The topological polar surface area (TPSA) is 58.4 Å². The van der Waals surface area contributed by atoms with Gasteiger partial charge in [-0.2, -0.15) is 0 Å². The molecule has 1 rings (SSSR count). The van der Waals surface area contributed by atoms with E-state index in [1.807, 2.05) is 0 Å². The molecule has 1 fully saturated rings. The zero-order valence-corrected chi connectivity index (χ0v) is 13.2. The van der Waals surface area contributed by atoms with Crippen molar-refractivity contribution in [3.05, 3.63) is 0 Å². The van der Waals surface area contributed by atoms with Gasteiger partial charge in [0.1, 0.15) is 0 Å². The summed E-state index contributed by atoms with van der Waals surface area (Å²) in [5, 5.41) is 3.11. The van der Waals surface area contributed by atoms with Crippen molar-refractivity contribution in [3.63, 3.8) is 0 Å². The van der Waals surface area contributed by atoms with Crippen LogP contribution in [0.4, 0.5) is 0 Å². The molecule has 0 radical (unpaired) electrons. The van der Waals surface area contributed by atoms with Crippen molar-refractivity contribution < 1.29 is 4.79 Å². The van der Waals surface area contributed by atoms with E-state index in [4.69, 9.17) is 5.73 Å². The number of nitrogens with one attached hydrogen (secondary N) is 1. The predicted octanol–water partition coefficient (Wildman–Crippen LogP) is 1.45. The van der Waals surface area contributed by atoms with Gasteiger partial charge in [-0.15, -0.1) is 0 Å². The van der Waals surface area contributed by atoms with Crippen LogP contribution in [-0.4, -0.2) is 44.0 Å². The highest BCUT2D eigenvalue weighted by molar-refractivity contribution is 5.78. The van der Waals surface area contributed by atoms with Crippen LogP contribution in [0.5, 0.6) is 0 Å². The molecular weight excluding hydrogens is 238 g/mol. The van der Waals surface area contributed by atoms with Gasteiger partial charge in [0.25, 0.3) is 0 Å². The van der Waals surface area contributed by atoms with Gasteiger partial charge in [-0.25, -0.2) is 0 Å². The minimum atomic E-state index is 0.100. The summed E-state index contributed by atoms with van der Waals surface area (Å²) in [4.78, 5) is 14.4. The first-order valence-electron chi connectivity index (χ1n) is 7.39. The average molecular weight is 269 g/mol. The number of hydrogen-bond acceptors (Lipinski definition) is 3. The van der Waals surface area contributed by atoms with Crippen LogP contribution in [0.25, 0.3) is 0 Å². The Morgan fingerprint density at radius 3 is 2.53 bits per heavy atom. The predicted molar refractivity (Wildman–Crippen MR) is 79.8 cm³/mol. The van der Waals surface area contributed by atoms with E-state index >= 15 is 0 Å². The van der Waals surface area contributed by atoms with Crippen molar-refractivity contribution in [2.24, 2.45) is 23.0 Å². The summed E-state index contributed by atoms with van der Waals surface area (Å²) in [6.07, 6.45) is 2.89. The molecule has 0 aromatic rings. The summed E-state index contributed by atoms with van der Waals surface area (Å²) in [6.45, 7) is 8.24. The minimum absolute atomic E-state index is 0.100. The molecule has 1 aliphatic carbocycles. The second kappa shape index (κ2) is 6.71. The molecule has 0 bridgehead atoms. The summed E-state index contributed by atoms with van der Waals surface area (Å²) >= 11 is 0. The Kier molecular flexibility index (Phi) is 5.81. The summed E-state index contributed by atoms with van der Waals surface area (Å²) in [5.74, 6) is 0.852. The number of rotatable bonds is 5. The highest BCUT2D eigenvalue weighted by Crippen LogP contribution is 2.28. The lowest BCUT2D eigenvalue weighted by Gasteiger charge is -2.33.